The van der Waals surface area contributed by atoms with E-state index in [1.54, 1.807) is 0 Å². The van der Waals surface area contributed by atoms with Crippen molar-refractivity contribution in [2.24, 2.45) is 5.92 Å². The molecule has 0 aromatic rings. The number of hydrogen-bond donors (Lipinski definition) is 1. The van der Waals surface area contributed by atoms with Gasteiger partial charge in [0, 0.05) is 18.6 Å². The number of nitrogens with zero attached hydrogens (tertiary/aromatic N) is 1. The van der Waals surface area contributed by atoms with Crippen molar-refractivity contribution < 1.29 is 18.0 Å². The van der Waals surface area contributed by atoms with E-state index < -0.39 is 12.1 Å². The number of alkyl halides is 3. The topological polar surface area (TPSA) is 32.3 Å². The van der Waals surface area contributed by atoms with Crippen LogP contribution in [-0.2, 0) is 4.79 Å². The molecule has 1 amide bonds. The number of likely N-dealkylation sites (tertiary alicyclic amines) is 1. The van der Waals surface area contributed by atoms with Gasteiger partial charge < -0.3 is 10.2 Å². The maximum Gasteiger partial charge on any atom is 0.391 e. The molecule has 106 valence electrons. The van der Waals surface area contributed by atoms with Crippen molar-refractivity contribution >= 4 is 5.91 Å². The summed E-state index contributed by atoms with van der Waals surface area (Å²) < 4.78 is 37.4. The lowest BCUT2D eigenvalue weighted by Gasteiger charge is -2.33. The Kier molecular flexibility index (Phi) is 4.64. The second kappa shape index (κ2) is 5.47. The Morgan fingerprint density at radius 1 is 1.22 bits per heavy atom. The van der Waals surface area contributed by atoms with Crippen LogP contribution in [0.2, 0.25) is 0 Å². The van der Waals surface area contributed by atoms with Crippen molar-refractivity contribution in [3.8, 4) is 0 Å². The third-order valence-corrected chi connectivity index (χ3v) is 3.08. The molecule has 1 heterocycles. The first kappa shape index (κ1) is 15.3. The smallest absolute Gasteiger partial charge is 0.342 e. The lowest BCUT2D eigenvalue weighted by Crippen LogP contribution is -2.48. The molecule has 0 spiro atoms. The molecule has 18 heavy (non-hydrogen) atoms. The molecule has 3 nitrogen and oxygen atoms in total. The van der Waals surface area contributed by atoms with Crippen LogP contribution in [0.25, 0.3) is 0 Å². The maximum absolute atomic E-state index is 12.5. The van der Waals surface area contributed by atoms with Crippen molar-refractivity contribution in [3.05, 3.63) is 0 Å². The van der Waals surface area contributed by atoms with Crippen LogP contribution in [0.4, 0.5) is 13.2 Å². The second-order valence-electron chi connectivity index (χ2n) is 5.80. The van der Waals surface area contributed by atoms with Crippen LogP contribution < -0.4 is 5.32 Å². The van der Waals surface area contributed by atoms with Crippen molar-refractivity contribution in [1.29, 1.82) is 0 Å². The van der Waals surface area contributed by atoms with Crippen LogP contribution in [-0.4, -0.2) is 42.2 Å². The summed E-state index contributed by atoms with van der Waals surface area (Å²) in [6, 6.07) is 0. The number of carbonyl (C=O) groups is 1. The van der Waals surface area contributed by atoms with Gasteiger partial charge in [0.05, 0.1) is 12.5 Å². The van der Waals surface area contributed by atoms with Gasteiger partial charge in [-0.15, -0.1) is 0 Å². The molecular weight excluding hydrogens is 245 g/mol. The van der Waals surface area contributed by atoms with Gasteiger partial charge in [0.15, 0.2) is 0 Å². The van der Waals surface area contributed by atoms with E-state index in [0.29, 0.717) is 0 Å². The quantitative estimate of drug-likeness (QED) is 0.831. The Hall–Kier alpha value is -0.780. The Bertz CT molecular complexity index is 289. The van der Waals surface area contributed by atoms with Gasteiger partial charge in [-0.3, -0.25) is 4.79 Å². The highest BCUT2D eigenvalue weighted by Crippen LogP contribution is 2.33. The number of amides is 1. The van der Waals surface area contributed by atoms with Crippen molar-refractivity contribution in [1.82, 2.24) is 10.2 Å². The first-order valence-electron chi connectivity index (χ1n) is 6.19. The Balaban J connectivity index is 2.37. The SMILES string of the molecule is CC(C)(C)NCC(=O)N1CCC(C(F)(F)F)CC1. The summed E-state index contributed by atoms with van der Waals surface area (Å²) in [5.41, 5.74) is -0.167. The number of piperidine rings is 1. The highest BCUT2D eigenvalue weighted by molar-refractivity contribution is 5.78. The first-order valence-corrected chi connectivity index (χ1v) is 6.19. The molecule has 0 unspecified atom stereocenters. The summed E-state index contributed by atoms with van der Waals surface area (Å²) in [5, 5.41) is 3.05. The molecule has 0 atom stereocenters. The summed E-state index contributed by atoms with van der Waals surface area (Å²) in [5.74, 6) is -1.37. The van der Waals surface area contributed by atoms with E-state index >= 15 is 0 Å². The van der Waals surface area contributed by atoms with Gasteiger partial charge >= 0.3 is 6.18 Å². The molecule has 0 aromatic carbocycles. The third-order valence-electron chi connectivity index (χ3n) is 3.08. The van der Waals surface area contributed by atoms with Crippen LogP contribution >= 0.6 is 0 Å². The van der Waals surface area contributed by atoms with E-state index in [9.17, 15) is 18.0 Å². The molecule has 0 aliphatic carbocycles. The lowest BCUT2D eigenvalue weighted by atomic mass is 9.96. The van der Waals surface area contributed by atoms with Crippen LogP contribution in [0.5, 0.6) is 0 Å². The van der Waals surface area contributed by atoms with E-state index in [2.05, 4.69) is 5.32 Å². The van der Waals surface area contributed by atoms with Gasteiger partial charge in [-0.25, -0.2) is 0 Å². The molecule has 0 aromatic heterocycles. The van der Waals surface area contributed by atoms with Gasteiger partial charge in [0.1, 0.15) is 0 Å². The zero-order valence-corrected chi connectivity index (χ0v) is 11.1. The molecule has 1 fully saturated rings. The van der Waals surface area contributed by atoms with Crippen LogP contribution in [0.15, 0.2) is 0 Å². The van der Waals surface area contributed by atoms with Crippen molar-refractivity contribution in [2.75, 3.05) is 19.6 Å². The van der Waals surface area contributed by atoms with E-state index in [1.807, 2.05) is 20.8 Å². The molecule has 1 N–H and O–H groups in total. The molecule has 0 radical (unpaired) electrons. The van der Waals surface area contributed by atoms with Gasteiger partial charge in [-0.1, -0.05) is 0 Å². The Morgan fingerprint density at radius 3 is 2.11 bits per heavy atom. The predicted molar refractivity (Wildman–Crippen MR) is 63.1 cm³/mol. The fourth-order valence-electron chi connectivity index (χ4n) is 1.91. The zero-order valence-electron chi connectivity index (χ0n) is 11.1. The molecule has 6 heteroatoms. The van der Waals surface area contributed by atoms with E-state index in [-0.39, 0.29) is 43.9 Å². The lowest BCUT2D eigenvalue weighted by molar-refractivity contribution is -0.186. The standard InChI is InChI=1S/C12H21F3N2O/c1-11(2,3)16-8-10(18)17-6-4-9(5-7-17)12(13,14)15/h9,16H,4-8H2,1-3H3. The van der Waals surface area contributed by atoms with E-state index in [0.717, 1.165) is 0 Å². The normalized spacial score (nSPS) is 19.1. The molecule has 1 saturated heterocycles. The Labute approximate surface area is 106 Å². The molecule has 0 bridgehead atoms. The molecule has 1 aliphatic rings. The van der Waals surface area contributed by atoms with Gasteiger partial charge in [-0.05, 0) is 33.6 Å². The van der Waals surface area contributed by atoms with E-state index in [1.165, 1.54) is 4.90 Å². The van der Waals surface area contributed by atoms with Crippen LogP contribution in [0.3, 0.4) is 0 Å². The average Bonchev–Trinajstić information content (AvgIpc) is 2.24. The molecular formula is C12H21F3N2O. The molecule has 1 rings (SSSR count). The number of halogens is 3. The van der Waals surface area contributed by atoms with E-state index in [4.69, 9.17) is 0 Å². The highest BCUT2D eigenvalue weighted by Gasteiger charge is 2.41. The molecule has 1 aliphatic heterocycles. The highest BCUT2D eigenvalue weighted by atomic mass is 19.4. The summed E-state index contributed by atoms with van der Waals surface area (Å²) in [6.07, 6.45) is -4.09. The zero-order chi connectivity index (χ0) is 14.0. The maximum atomic E-state index is 12.5. The van der Waals surface area contributed by atoms with Gasteiger partial charge in [-0.2, -0.15) is 13.2 Å². The van der Waals surface area contributed by atoms with Crippen molar-refractivity contribution in [2.45, 2.75) is 45.3 Å². The monoisotopic (exact) mass is 266 g/mol. The molecule has 0 saturated carbocycles. The summed E-state index contributed by atoms with van der Waals surface area (Å²) >= 11 is 0. The fraction of sp³-hybridized carbons (Fsp3) is 0.917. The fourth-order valence-corrected chi connectivity index (χ4v) is 1.91. The number of nitrogens with one attached hydrogen (secondary N) is 1. The average molecular weight is 266 g/mol. The second-order valence-corrected chi connectivity index (χ2v) is 5.80. The summed E-state index contributed by atoms with van der Waals surface area (Å²) in [7, 11) is 0. The minimum atomic E-state index is -4.13. The largest absolute Gasteiger partial charge is 0.391 e. The van der Waals surface area contributed by atoms with Crippen LogP contribution in [0.1, 0.15) is 33.6 Å². The summed E-state index contributed by atoms with van der Waals surface area (Å²) in [4.78, 5) is 13.3. The number of carbonyl (C=O) groups excluding carboxylic acids is 1. The van der Waals surface area contributed by atoms with Crippen molar-refractivity contribution in [3.63, 3.8) is 0 Å². The summed E-state index contributed by atoms with van der Waals surface area (Å²) in [6.45, 7) is 6.41. The van der Waals surface area contributed by atoms with Gasteiger partial charge in [0.2, 0.25) is 5.91 Å². The Morgan fingerprint density at radius 2 is 1.72 bits per heavy atom. The van der Waals surface area contributed by atoms with Gasteiger partial charge in [0.25, 0.3) is 0 Å². The predicted octanol–water partition coefficient (Wildman–Crippen LogP) is 2.18. The number of rotatable bonds is 2. The van der Waals surface area contributed by atoms with Crippen LogP contribution in [0, 0.1) is 5.92 Å². The number of hydrogen-bond acceptors (Lipinski definition) is 2. The minimum absolute atomic E-state index is 0.0186. The third kappa shape index (κ3) is 4.84. The minimum Gasteiger partial charge on any atom is -0.342 e. The first-order chi connectivity index (χ1) is 8.09.